The van der Waals surface area contributed by atoms with E-state index in [4.69, 9.17) is 11.5 Å². The van der Waals surface area contributed by atoms with Crippen LogP contribution in [0, 0.1) is 0 Å². The molecule has 3 amide bonds. The Morgan fingerprint density at radius 1 is 0.886 bits per heavy atom. The molecule has 10 nitrogen and oxygen atoms in total. The van der Waals surface area contributed by atoms with Gasteiger partial charge in [0.05, 0.1) is 6.04 Å². The lowest BCUT2D eigenvalue weighted by atomic mass is 10.0. The molecular weight excluding hydrogens is 450 g/mol. The van der Waals surface area contributed by atoms with Gasteiger partial charge in [-0.05, 0) is 23.6 Å². The van der Waals surface area contributed by atoms with Crippen LogP contribution in [0.25, 0.3) is 10.9 Å². The van der Waals surface area contributed by atoms with Gasteiger partial charge in [-0.3, -0.25) is 14.4 Å². The third-order valence-corrected chi connectivity index (χ3v) is 5.67. The van der Waals surface area contributed by atoms with E-state index in [1.165, 1.54) is 0 Å². The summed E-state index contributed by atoms with van der Waals surface area (Å²) < 4.78 is 0. The fourth-order valence-corrected chi connectivity index (χ4v) is 3.76. The predicted octanol–water partition coefficient (Wildman–Crippen LogP) is 0.600. The summed E-state index contributed by atoms with van der Waals surface area (Å²) in [5.41, 5.74) is 13.4. The highest BCUT2D eigenvalue weighted by molar-refractivity contribution is 5.93. The summed E-state index contributed by atoms with van der Waals surface area (Å²) in [6, 6.07) is 13.0. The van der Waals surface area contributed by atoms with Crippen molar-refractivity contribution in [3.63, 3.8) is 0 Å². The number of rotatable bonds is 12. The van der Waals surface area contributed by atoms with Crippen molar-refractivity contribution in [1.29, 1.82) is 0 Å². The van der Waals surface area contributed by atoms with E-state index in [0.717, 1.165) is 22.0 Å². The van der Waals surface area contributed by atoms with E-state index >= 15 is 0 Å². The Bertz CT molecular complexity index is 1190. The Morgan fingerprint density at radius 2 is 1.54 bits per heavy atom. The van der Waals surface area contributed by atoms with Crippen molar-refractivity contribution in [1.82, 2.24) is 15.6 Å². The molecule has 0 spiro atoms. The van der Waals surface area contributed by atoms with Gasteiger partial charge in [-0.1, -0.05) is 48.5 Å². The molecule has 35 heavy (non-hydrogen) atoms. The van der Waals surface area contributed by atoms with Gasteiger partial charge in [-0.2, -0.15) is 0 Å². The van der Waals surface area contributed by atoms with Gasteiger partial charge in [-0.25, -0.2) is 4.79 Å². The Morgan fingerprint density at radius 3 is 2.23 bits per heavy atom. The van der Waals surface area contributed by atoms with Gasteiger partial charge in [0.15, 0.2) is 0 Å². The van der Waals surface area contributed by atoms with Crippen molar-refractivity contribution in [2.45, 2.75) is 43.8 Å². The highest BCUT2D eigenvalue weighted by Crippen LogP contribution is 2.19. The van der Waals surface area contributed by atoms with Crippen molar-refractivity contribution < 1.29 is 24.3 Å². The smallest absolute Gasteiger partial charge is 0.326 e. The molecule has 3 atom stereocenters. The van der Waals surface area contributed by atoms with Gasteiger partial charge < -0.3 is 32.2 Å². The van der Waals surface area contributed by atoms with Crippen LogP contribution in [0.2, 0.25) is 0 Å². The number of fused-ring (bicyclic) bond motifs is 1. The van der Waals surface area contributed by atoms with Crippen LogP contribution in [-0.4, -0.2) is 51.9 Å². The third kappa shape index (κ3) is 7.15. The predicted molar refractivity (Wildman–Crippen MR) is 130 cm³/mol. The number of aliphatic carboxylic acids is 1. The summed E-state index contributed by atoms with van der Waals surface area (Å²) in [4.78, 5) is 51.9. The Kier molecular flexibility index (Phi) is 8.58. The van der Waals surface area contributed by atoms with E-state index < -0.39 is 41.8 Å². The minimum atomic E-state index is -1.20. The first-order valence-electron chi connectivity index (χ1n) is 11.2. The maximum absolute atomic E-state index is 13.2. The molecule has 8 N–H and O–H groups in total. The van der Waals surface area contributed by atoms with Gasteiger partial charge in [0, 0.05) is 36.4 Å². The number of aromatic nitrogens is 1. The van der Waals surface area contributed by atoms with Crippen LogP contribution >= 0.6 is 0 Å². The molecule has 3 rings (SSSR count). The normalized spacial score (nSPS) is 13.5. The number of carbonyl (C=O) groups excluding carboxylic acids is 3. The topological polar surface area (TPSA) is 180 Å². The standard InChI is InChI=1S/C25H29N5O5/c26-18(10-11-22(27)31)23(32)29-20(13-16-14-28-19-9-5-4-8-17(16)19)24(33)30-21(25(34)35)12-15-6-2-1-3-7-15/h1-9,14,18,20-21,28H,10-13,26H2,(H2,27,31)(H,29,32)(H,30,33)(H,34,35)/t18?,20-,21?/m1/s1. The largest absolute Gasteiger partial charge is 0.480 e. The number of aromatic amines is 1. The molecule has 0 aliphatic heterocycles. The first-order valence-corrected chi connectivity index (χ1v) is 11.2. The molecule has 0 saturated carbocycles. The molecule has 0 radical (unpaired) electrons. The minimum Gasteiger partial charge on any atom is -0.480 e. The average Bonchev–Trinajstić information content (AvgIpc) is 3.24. The number of carboxylic acid groups (broad SMARTS) is 1. The van der Waals surface area contributed by atoms with E-state index in [2.05, 4.69) is 15.6 Å². The molecule has 0 fully saturated rings. The van der Waals surface area contributed by atoms with E-state index in [9.17, 15) is 24.3 Å². The number of hydrogen-bond donors (Lipinski definition) is 6. The van der Waals surface area contributed by atoms with Crippen LogP contribution in [0.1, 0.15) is 24.0 Å². The summed E-state index contributed by atoms with van der Waals surface area (Å²) in [6.07, 6.45) is 1.86. The molecule has 3 aromatic rings. The lowest BCUT2D eigenvalue weighted by Gasteiger charge is -2.23. The molecule has 2 unspecified atom stereocenters. The maximum Gasteiger partial charge on any atom is 0.326 e. The number of carboxylic acids is 1. The summed E-state index contributed by atoms with van der Waals surface area (Å²) in [7, 11) is 0. The zero-order chi connectivity index (χ0) is 25.4. The molecule has 0 aliphatic carbocycles. The van der Waals surface area contributed by atoms with Gasteiger partial charge in [-0.15, -0.1) is 0 Å². The van der Waals surface area contributed by atoms with Gasteiger partial charge >= 0.3 is 5.97 Å². The third-order valence-electron chi connectivity index (χ3n) is 5.67. The molecule has 0 saturated heterocycles. The SMILES string of the molecule is NC(=O)CCC(N)C(=O)N[C@H](Cc1c[nH]c2ccccc12)C(=O)NC(Cc1ccccc1)C(=O)O. The highest BCUT2D eigenvalue weighted by Gasteiger charge is 2.29. The van der Waals surface area contributed by atoms with E-state index in [1.54, 1.807) is 30.5 Å². The van der Waals surface area contributed by atoms with Gasteiger partial charge in [0.2, 0.25) is 17.7 Å². The number of hydrogen-bond acceptors (Lipinski definition) is 5. The summed E-state index contributed by atoms with van der Waals surface area (Å²) in [5, 5.41) is 15.7. The second-order valence-electron chi connectivity index (χ2n) is 8.33. The molecule has 2 aromatic carbocycles. The number of nitrogens with two attached hydrogens (primary N) is 2. The number of para-hydroxylation sites is 1. The first-order chi connectivity index (χ1) is 16.7. The summed E-state index contributed by atoms with van der Waals surface area (Å²) in [6.45, 7) is 0. The zero-order valence-corrected chi connectivity index (χ0v) is 19.1. The van der Waals surface area contributed by atoms with E-state index in [1.807, 2.05) is 30.3 Å². The molecule has 0 aliphatic rings. The van der Waals surface area contributed by atoms with E-state index in [-0.39, 0.29) is 25.7 Å². The second-order valence-corrected chi connectivity index (χ2v) is 8.33. The maximum atomic E-state index is 13.2. The van der Waals surface area contributed by atoms with Crippen LogP contribution in [0.3, 0.4) is 0 Å². The van der Waals surface area contributed by atoms with Crippen LogP contribution in [0.15, 0.2) is 60.8 Å². The van der Waals surface area contributed by atoms with Crippen LogP contribution < -0.4 is 22.1 Å². The first kappa shape index (κ1) is 25.4. The molecular formula is C25H29N5O5. The Balaban J connectivity index is 1.79. The van der Waals surface area contributed by atoms with Gasteiger partial charge in [0.25, 0.3) is 0 Å². The highest BCUT2D eigenvalue weighted by atomic mass is 16.4. The Hall–Kier alpha value is -4.18. The lowest BCUT2D eigenvalue weighted by molar-refractivity contribution is -0.142. The molecule has 184 valence electrons. The average molecular weight is 480 g/mol. The number of amides is 3. The molecule has 1 aromatic heterocycles. The summed E-state index contributed by atoms with van der Waals surface area (Å²) >= 11 is 0. The quantitative estimate of drug-likeness (QED) is 0.221. The number of nitrogens with one attached hydrogen (secondary N) is 3. The monoisotopic (exact) mass is 479 g/mol. The number of primary amides is 1. The summed E-state index contributed by atoms with van der Waals surface area (Å²) in [5.74, 6) is -3.08. The fraction of sp³-hybridized carbons (Fsp3) is 0.280. The van der Waals surface area contributed by atoms with Crippen molar-refractivity contribution in [3.8, 4) is 0 Å². The number of H-pyrrole nitrogens is 1. The van der Waals surface area contributed by atoms with Crippen molar-refractivity contribution in [2.75, 3.05) is 0 Å². The number of carbonyl (C=O) groups is 4. The van der Waals surface area contributed by atoms with Crippen molar-refractivity contribution in [2.24, 2.45) is 11.5 Å². The molecule has 1 heterocycles. The zero-order valence-electron chi connectivity index (χ0n) is 19.1. The lowest BCUT2D eigenvalue weighted by Crippen LogP contribution is -2.55. The second kappa shape index (κ2) is 11.8. The Labute approximate surface area is 202 Å². The molecule has 0 bridgehead atoms. The van der Waals surface area contributed by atoms with Crippen LogP contribution in [0.5, 0.6) is 0 Å². The van der Waals surface area contributed by atoms with Crippen molar-refractivity contribution in [3.05, 3.63) is 71.9 Å². The van der Waals surface area contributed by atoms with Crippen molar-refractivity contribution >= 4 is 34.6 Å². The fourth-order valence-electron chi connectivity index (χ4n) is 3.76. The molecule has 10 heteroatoms. The van der Waals surface area contributed by atoms with E-state index in [0.29, 0.717) is 0 Å². The minimum absolute atomic E-state index is 0.0222. The van der Waals surface area contributed by atoms with Gasteiger partial charge in [0.1, 0.15) is 12.1 Å². The van der Waals surface area contributed by atoms with Crippen LogP contribution in [0.4, 0.5) is 0 Å². The number of benzene rings is 2. The van der Waals surface area contributed by atoms with Crippen LogP contribution in [-0.2, 0) is 32.0 Å².